The molecular weight excluding hydrogens is 541 g/mol. The summed E-state index contributed by atoms with van der Waals surface area (Å²) in [5.41, 5.74) is 3.44. The van der Waals surface area contributed by atoms with Gasteiger partial charge in [0.05, 0.1) is 48.8 Å². The Bertz CT molecular complexity index is 1410. The molecule has 0 unspecified atom stereocenters. The zero-order chi connectivity index (χ0) is 27.8. The van der Waals surface area contributed by atoms with Crippen molar-refractivity contribution in [2.45, 2.75) is 19.1 Å². The van der Waals surface area contributed by atoms with Gasteiger partial charge in [-0.2, -0.15) is 0 Å². The lowest BCUT2D eigenvalue weighted by Crippen LogP contribution is -2.15. The molecule has 2 heterocycles. The number of ether oxygens (including phenoxy) is 4. The number of hydrogen-bond acceptors (Lipinski definition) is 8. The third-order valence-electron chi connectivity index (χ3n) is 6.04. The van der Waals surface area contributed by atoms with Crippen molar-refractivity contribution < 1.29 is 23.7 Å². The highest BCUT2D eigenvalue weighted by atomic mass is 35.5. The summed E-state index contributed by atoms with van der Waals surface area (Å²) in [6.45, 7) is 0.519. The minimum atomic E-state index is -0.714. The quantitative estimate of drug-likeness (QED) is 0.204. The first-order chi connectivity index (χ1) is 18.9. The minimum Gasteiger partial charge on any atom is -0.494 e. The Balaban J connectivity index is 1.54. The topological polar surface area (TPSA) is 91.8 Å². The molecule has 202 valence electrons. The summed E-state index contributed by atoms with van der Waals surface area (Å²) in [6.07, 6.45) is 5.88. The fourth-order valence-electron chi connectivity index (χ4n) is 3.94. The molecule has 0 aliphatic carbocycles. The van der Waals surface area contributed by atoms with Gasteiger partial charge in [0.25, 0.3) is 0 Å². The van der Waals surface area contributed by atoms with Crippen LogP contribution in [0.3, 0.4) is 0 Å². The van der Waals surface area contributed by atoms with E-state index in [1.807, 2.05) is 18.2 Å². The molecule has 0 fully saturated rings. The van der Waals surface area contributed by atoms with E-state index < -0.39 is 12.1 Å². The Hall–Kier alpha value is -4.01. The van der Waals surface area contributed by atoms with Crippen LogP contribution < -0.4 is 19.5 Å². The summed E-state index contributed by atoms with van der Waals surface area (Å²) < 4.78 is 22.1. The van der Waals surface area contributed by atoms with E-state index in [-0.39, 0.29) is 6.42 Å². The first-order valence-electron chi connectivity index (χ1n) is 11.9. The SMILES string of the molecule is COc1ccncc1NCc1ccc(C(=O)O[C@@H](Cc2c(Cl)cncc2Cl)c2ccc(OC)c(OC)c2)cc1. The molecule has 0 aliphatic heterocycles. The van der Waals surface area contributed by atoms with E-state index in [2.05, 4.69) is 15.3 Å². The molecule has 10 heteroatoms. The summed E-state index contributed by atoms with van der Waals surface area (Å²) in [7, 11) is 4.70. The molecule has 2 aromatic heterocycles. The number of carbonyl (C=O) groups excluding carboxylic acids is 1. The first kappa shape index (κ1) is 28.0. The summed E-state index contributed by atoms with van der Waals surface area (Å²) in [6, 6.07) is 14.3. The smallest absolute Gasteiger partial charge is 0.338 e. The van der Waals surface area contributed by atoms with Gasteiger partial charge in [-0.1, -0.05) is 41.4 Å². The molecule has 8 nitrogen and oxygen atoms in total. The maximum atomic E-state index is 13.2. The van der Waals surface area contributed by atoms with Crippen LogP contribution in [0.5, 0.6) is 17.2 Å². The highest BCUT2D eigenvalue weighted by Crippen LogP contribution is 2.35. The largest absolute Gasteiger partial charge is 0.494 e. The molecule has 0 amide bonds. The Morgan fingerprint density at radius 3 is 2.21 bits per heavy atom. The zero-order valence-corrected chi connectivity index (χ0v) is 23.1. The third-order valence-corrected chi connectivity index (χ3v) is 6.70. The first-order valence-corrected chi connectivity index (χ1v) is 12.7. The average molecular weight is 568 g/mol. The van der Waals surface area contributed by atoms with Crippen LogP contribution in [0.4, 0.5) is 5.69 Å². The van der Waals surface area contributed by atoms with Gasteiger partial charge >= 0.3 is 5.97 Å². The van der Waals surface area contributed by atoms with Crippen molar-refractivity contribution in [1.82, 2.24) is 9.97 Å². The van der Waals surface area contributed by atoms with Crippen LogP contribution >= 0.6 is 23.2 Å². The number of esters is 1. The molecule has 0 aliphatic rings. The molecule has 1 N–H and O–H groups in total. The Morgan fingerprint density at radius 1 is 0.846 bits per heavy atom. The lowest BCUT2D eigenvalue weighted by Gasteiger charge is -2.21. The number of halogens is 2. The number of methoxy groups -OCH3 is 3. The summed E-state index contributed by atoms with van der Waals surface area (Å²) >= 11 is 12.8. The number of benzene rings is 2. The number of nitrogens with one attached hydrogen (secondary N) is 1. The van der Waals surface area contributed by atoms with Crippen LogP contribution in [-0.4, -0.2) is 37.3 Å². The third kappa shape index (κ3) is 6.90. The standard InChI is InChI=1S/C29H27Cl2N3O5/c1-36-25-10-11-32-17-24(25)34-14-18-4-6-19(7-5-18)29(35)39-27(13-21-22(30)15-33-16-23(21)31)20-8-9-26(37-2)28(12-20)38-3/h4-12,15-17,27,34H,13-14H2,1-3H3/t27-/m0/s1. The number of rotatable bonds is 11. The molecule has 39 heavy (non-hydrogen) atoms. The Labute approximate surface area is 236 Å². The van der Waals surface area contributed by atoms with Crippen molar-refractivity contribution in [3.63, 3.8) is 0 Å². The van der Waals surface area contributed by atoms with Crippen molar-refractivity contribution in [3.8, 4) is 17.2 Å². The van der Waals surface area contributed by atoms with Crippen LogP contribution in [0.25, 0.3) is 0 Å². The number of nitrogens with zero attached hydrogens (tertiary/aromatic N) is 2. The highest BCUT2D eigenvalue weighted by molar-refractivity contribution is 6.35. The number of pyridine rings is 2. The molecule has 2 aromatic carbocycles. The second-order valence-corrected chi connectivity index (χ2v) is 9.24. The number of anilines is 1. The lowest BCUT2D eigenvalue weighted by atomic mass is 10.0. The molecule has 0 saturated heterocycles. The lowest BCUT2D eigenvalue weighted by molar-refractivity contribution is 0.0297. The molecular formula is C29H27Cl2N3O5. The molecule has 4 rings (SSSR count). The van der Waals surface area contributed by atoms with Gasteiger partial charge in [0, 0.05) is 37.6 Å². The van der Waals surface area contributed by atoms with E-state index in [1.165, 1.54) is 12.4 Å². The van der Waals surface area contributed by atoms with E-state index >= 15 is 0 Å². The maximum Gasteiger partial charge on any atom is 0.338 e. The van der Waals surface area contributed by atoms with Gasteiger partial charge in [0.1, 0.15) is 11.9 Å². The summed E-state index contributed by atoms with van der Waals surface area (Å²) in [5.74, 6) is 1.26. The van der Waals surface area contributed by atoms with Crippen LogP contribution in [0.2, 0.25) is 10.0 Å². The molecule has 0 radical (unpaired) electrons. The molecule has 0 bridgehead atoms. The van der Waals surface area contributed by atoms with Gasteiger partial charge in [0.2, 0.25) is 0 Å². The normalized spacial score (nSPS) is 11.4. The van der Waals surface area contributed by atoms with Crippen molar-refractivity contribution >= 4 is 34.9 Å². The van der Waals surface area contributed by atoms with Crippen LogP contribution in [-0.2, 0) is 17.7 Å². The second-order valence-electron chi connectivity index (χ2n) is 8.42. The fraction of sp³-hybridized carbons (Fsp3) is 0.207. The molecule has 0 saturated carbocycles. The molecule has 0 spiro atoms. The molecule has 4 aromatic rings. The predicted octanol–water partition coefficient (Wildman–Crippen LogP) is 6.56. The Kier molecular flexibility index (Phi) is 9.46. The van der Waals surface area contributed by atoms with Gasteiger partial charge in [-0.15, -0.1) is 0 Å². The van der Waals surface area contributed by atoms with E-state index in [9.17, 15) is 4.79 Å². The van der Waals surface area contributed by atoms with Crippen LogP contribution in [0.1, 0.15) is 33.2 Å². The van der Waals surface area contributed by atoms with Gasteiger partial charge < -0.3 is 24.3 Å². The van der Waals surface area contributed by atoms with Gasteiger partial charge in [-0.05, 0) is 41.0 Å². The van der Waals surface area contributed by atoms with E-state index in [4.69, 9.17) is 42.1 Å². The van der Waals surface area contributed by atoms with E-state index in [1.54, 1.807) is 64.1 Å². The summed E-state index contributed by atoms with van der Waals surface area (Å²) in [4.78, 5) is 21.4. The predicted molar refractivity (Wildman–Crippen MR) is 150 cm³/mol. The van der Waals surface area contributed by atoms with Gasteiger partial charge in [0.15, 0.2) is 11.5 Å². The minimum absolute atomic E-state index is 0.232. The van der Waals surface area contributed by atoms with Crippen LogP contribution in [0.15, 0.2) is 73.3 Å². The monoisotopic (exact) mass is 567 g/mol. The highest BCUT2D eigenvalue weighted by Gasteiger charge is 2.23. The van der Waals surface area contributed by atoms with Crippen molar-refractivity contribution in [2.75, 3.05) is 26.6 Å². The second kappa shape index (κ2) is 13.2. The number of carbonyl (C=O) groups is 1. The van der Waals surface area contributed by atoms with Crippen LogP contribution in [0, 0.1) is 0 Å². The zero-order valence-electron chi connectivity index (χ0n) is 21.6. The van der Waals surface area contributed by atoms with Crippen molar-refractivity contribution in [3.05, 3.63) is 106 Å². The van der Waals surface area contributed by atoms with E-state index in [0.29, 0.717) is 50.5 Å². The van der Waals surface area contributed by atoms with Gasteiger partial charge in [-0.25, -0.2) is 4.79 Å². The Morgan fingerprint density at radius 2 is 1.54 bits per heavy atom. The number of aromatic nitrogens is 2. The summed E-state index contributed by atoms with van der Waals surface area (Å²) in [5, 5.41) is 4.05. The van der Waals surface area contributed by atoms with E-state index in [0.717, 1.165) is 11.3 Å². The number of hydrogen-bond donors (Lipinski definition) is 1. The average Bonchev–Trinajstić information content (AvgIpc) is 2.97. The van der Waals surface area contributed by atoms with Crippen molar-refractivity contribution in [2.24, 2.45) is 0 Å². The molecule has 1 atom stereocenters. The fourth-order valence-corrected chi connectivity index (χ4v) is 4.46. The van der Waals surface area contributed by atoms with Crippen molar-refractivity contribution in [1.29, 1.82) is 0 Å². The van der Waals surface area contributed by atoms with Gasteiger partial charge in [-0.3, -0.25) is 9.97 Å². The maximum absolute atomic E-state index is 13.2.